The van der Waals surface area contributed by atoms with Gasteiger partial charge in [0.15, 0.2) is 5.65 Å². The molecular weight excluding hydrogens is 327 g/mol. The molecule has 0 aromatic carbocycles. The maximum absolute atomic E-state index is 13.8. The zero-order valence-corrected chi connectivity index (χ0v) is 14.1. The van der Waals surface area contributed by atoms with Gasteiger partial charge in [-0.2, -0.15) is 8.91 Å². The molecule has 2 aliphatic heterocycles. The number of aryl methyl sites for hydroxylation is 1. The Hall–Kier alpha value is -2.22. The Morgan fingerprint density at radius 1 is 1.40 bits per heavy atom. The van der Waals surface area contributed by atoms with Crippen LogP contribution in [0.2, 0.25) is 0 Å². The summed E-state index contributed by atoms with van der Waals surface area (Å²) in [5.41, 5.74) is 0.435. The van der Waals surface area contributed by atoms with Crippen molar-refractivity contribution in [2.24, 2.45) is 5.92 Å². The van der Waals surface area contributed by atoms with Crippen LogP contribution in [0.4, 0.5) is 4.39 Å². The Morgan fingerprint density at radius 2 is 2.24 bits per heavy atom. The van der Waals surface area contributed by atoms with Gasteiger partial charge in [0, 0.05) is 19.2 Å². The normalized spacial score (nSPS) is 24.2. The van der Waals surface area contributed by atoms with Crippen molar-refractivity contribution in [3.05, 3.63) is 33.6 Å². The number of nitrogens with one attached hydrogen (secondary N) is 1. The van der Waals surface area contributed by atoms with Crippen LogP contribution >= 0.6 is 0 Å². The Labute approximate surface area is 143 Å². The summed E-state index contributed by atoms with van der Waals surface area (Å²) in [6.07, 6.45) is 3.52. The lowest BCUT2D eigenvalue weighted by molar-refractivity contribution is -0.139. The highest BCUT2D eigenvalue weighted by Gasteiger charge is 2.35. The molecule has 2 aromatic heterocycles. The summed E-state index contributed by atoms with van der Waals surface area (Å²) in [4.78, 5) is 31.0. The lowest BCUT2D eigenvalue weighted by Gasteiger charge is -2.36. The van der Waals surface area contributed by atoms with Gasteiger partial charge < -0.3 is 9.64 Å². The standard InChI is InChI=1S/C17H21FN4O3/c1-10-15(18)17(24)22-14(19-10)8-12(20-22)13-4-2-3-6-21(13)16(23)11-5-7-25-9-11/h8,11,13,20H,2-7,9H2,1H3/t11-,13+/m0/s1. The van der Waals surface area contributed by atoms with E-state index >= 15 is 0 Å². The molecule has 2 saturated heterocycles. The molecule has 2 aromatic rings. The van der Waals surface area contributed by atoms with Crippen molar-refractivity contribution in [1.29, 1.82) is 0 Å². The number of halogens is 1. The summed E-state index contributed by atoms with van der Waals surface area (Å²) in [6, 6.07) is 1.60. The van der Waals surface area contributed by atoms with Crippen molar-refractivity contribution in [3.8, 4) is 0 Å². The average Bonchev–Trinajstić information content (AvgIpc) is 3.29. The summed E-state index contributed by atoms with van der Waals surface area (Å²) in [5.74, 6) is -0.848. The van der Waals surface area contributed by atoms with Gasteiger partial charge >= 0.3 is 5.56 Å². The average molecular weight is 348 g/mol. The van der Waals surface area contributed by atoms with E-state index in [0.717, 1.165) is 35.9 Å². The number of rotatable bonds is 2. The SMILES string of the molecule is Cc1nc2cc([C@H]3CCCCN3C(=O)[C@H]3CCOC3)[nH]n2c(=O)c1F. The number of ether oxygens (including phenoxy) is 1. The highest BCUT2D eigenvalue weighted by molar-refractivity contribution is 5.79. The van der Waals surface area contributed by atoms with Crippen molar-refractivity contribution in [2.75, 3.05) is 19.8 Å². The van der Waals surface area contributed by atoms with E-state index in [4.69, 9.17) is 4.74 Å². The lowest BCUT2D eigenvalue weighted by Crippen LogP contribution is -2.42. The molecule has 1 N–H and O–H groups in total. The van der Waals surface area contributed by atoms with Gasteiger partial charge in [0.05, 0.1) is 30.0 Å². The second-order valence-electron chi connectivity index (χ2n) is 6.83. The summed E-state index contributed by atoms with van der Waals surface area (Å²) < 4.78 is 20.3. The third-order valence-electron chi connectivity index (χ3n) is 5.17. The minimum atomic E-state index is -0.856. The smallest absolute Gasteiger partial charge is 0.308 e. The summed E-state index contributed by atoms with van der Waals surface area (Å²) in [5, 5.41) is 2.95. The van der Waals surface area contributed by atoms with Crippen molar-refractivity contribution in [1.82, 2.24) is 19.5 Å². The maximum Gasteiger partial charge on any atom is 0.308 e. The highest BCUT2D eigenvalue weighted by atomic mass is 19.1. The maximum atomic E-state index is 13.8. The fraction of sp³-hybridized carbons (Fsp3) is 0.588. The quantitative estimate of drug-likeness (QED) is 0.893. The number of piperidine rings is 1. The molecule has 4 heterocycles. The number of likely N-dealkylation sites (tertiary alicyclic amines) is 1. The van der Waals surface area contributed by atoms with Crippen LogP contribution in [0.1, 0.15) is 43.1 Å². The van der Waals surface area contributed by atoms with E-state index in [1.165, 1.54) is 6.92 Å². The van der Waals surface area contributed by atoms with Crippen LogP contribution in [0.15, 0.2) is 10.9 Å². The van der Waals surface area contributed by atoms with E-state index in [2.05, 4.69) is 10.1 Å². The minimum absolute atomic E-state index is 0.0789. The van der Waals surface area contributed by atoms with Crippen LogP contribution in [0, 0.1) is 18.7 Å². The van der Waals surface area contributed by atoms with E-state index < -0.39 is 11.4 Å². The van der Waals surface area contributed by atoms with Crippen LogP contribution < -0.4 is 5.56 Å². The lowest BCUT2D eigenvalue weighted by atomic mass is 9.96. The van der Waals surface area contributed by atoms with Gasteiger partial charge in [-0.25, -0.2) is 4.98 Å². The van der Waals surface area contributed by atoms with Gasteiger partial charge in [0.2, 0.25) is 11.7 Å². The second kappa shape index (κ2) is 6.25. The van der Waals surface area contributed by atoms with E-state index in [1.807, 2.05) is 4.90 Å². The molecule has 0 spiro atoms. The van der Waals surface area contributed by atoms with Gasteiger partial charge in [-0.1, -0.05) is 0 Å². The number of hydrogen-bond donors (Lipinski definition) is 1. The molecule has 134 valence electrons. The second-order valence-corrected chi connectivity index (χ2v) is 6.83. The number of carbonyl (C=O) groups excluding carboxylic acids is 1. The molecule has 0 saturated carbocycles. The van der Waals surface area contributed by atoms with Crippen LogP contribution in [-0.4, -0.2) is 45.2 Å². The topological polar surface area (TPSA) is 79.7 Å². The Morgan fingerprint density at radius 3 is 3.00 bits per heavy atom. The Bertz CT molecular complexity index is 869. The number of aromatic nitrogens is 3. The molecule has 2 aliphatic rings. The van der Waals surface area contributed by atoms with Crippen LogP contribution in [0.3, 0.4) is 0 Å². The molecule has 25 heavy (non-hydrogen) atoms. The van der Waals surface area contributed by atoms with Crippen LogP contribution in [0.25, 0.3) is 5.65 Å². The first kappa shape index (κ1) is 16.3. The highest BCUT2D eigenvalue weighted by Crippen LogP contribution is 2.32. The molecular formula is C17H21FN4O3. The molecule has 0 unspecified atom stereocenters. The molecule has 0 aliphatic carbocycles. The number of amides is 1. The third-order valence-corrected chi connectivity index (χ3v) is 5.17. The van der Waals surface area contributed by atoms with E-state index in [9.17, 15) is 14.0 Å². The number of aromatic amines is 1. The molecule has 8 heteroatoms. The molecule has 7 nitrogen and oxygen atoms in total. The molecule has 2 fully saturated rings. The molecule has 0 bridgehead atoms. The van der Waals surface area contributed by atoms with Crippen LogP contribution in [-0.2, 0) is 9.53 Å². The predicted octanol–water partition coefficient (Wildman–Crippen LogP) is 1.56. The monoisotopic (exact) mass is 348 g/mol. The van der Waals surface area contributed by atoms with E-state index in [0.29, 0.717) is 25.4 Å². The minimum Gasteiger partial charge on any atom is -0.381 e. The van der Waals surface area contributed by atoms with Crippen molar-refractivity contribution in [3.63, 3.8) is 0 Å². The fourth-order valence-corrected chi connectivity index (χ4v) is 3.79. The summed E-state index contributed by atoms with van der Waals surface area (Å²) in [7, 11) is 0. The van der Waals surface area contributed by atoms with Crippen molar-refractivity contribution in [2.45, 2.75) is 38.6 Å². The number of carbonyl (C=O) groups is 1. The largest absolute Gasteiger partial charge is 0.381 e. The van der Waals surface area contributed by atoms with E-state index in [1.54, 1.807) is 6.07 Å². The first-order valence-corrected chi connectivity index (χ1v) is 8.72. The van der Waals surface area contributed by atoms with Crippen molar-refractivity contribution >= 4 is 11.6 Å². The van der Waals surface area contributed by atoms with Gasteiger partial charge in [-0.15, -0.1) is 0 Å². The third kappa shape index (κ3) is 2.74. The number of hydrogen-bond acceptors (Lipinski definition) is 4. The fourth-order valence-electron chi connectivity index (χ4n) is 3.79. The van der Waals surface area contributed by atoms with E-state index in [-0.39, 0.29) is 23.6 Å². The van der Waals surface area contributed by atoms with Gasteiger partial charge in [0.25, 0.3) is 0 Å². The van der Waals surface area contributed by atoms with Crippen LogP contribution in [0.5, 0.6) is 0 Å². The number of H-pyrrole nitrogens is 1. The molecule has 0 radical (unpaired) electrons. The zero-order chi connectivity index (χ0) is 17.6. The first-order valence-electron chi connectivity index (χ1n) is 8.72. The Balaban J connectivity index is 1.71. The zero-order valence-electron chi connectivity index (χ0n) is 14.1. The van der Waals surface area contributed by atoms with Gasteiger partial charge in [-0.05, 0) is 32.6 Å². The molecule has 1 amide bonds. The Kier molecular flexibility index (Phi) is 4.07. The molecule has 2 atom stereocenters. The first-order chi connectivity index (χ1) is 12.1. The van der Waals surface area contributed by atoms with Crippen molar-refractivity contribution < 1.29 is 13.9 Å². The summed E-state index contributed by atoms with van der Waals surface area (Å²) in [6.45, 7) is 3.25. The molecule has 4 rings (SSSR count). The summed E-state index contributed by atoms with van der Waals surface area (Å²) >= 11 is 0. The van der Waals surface area contributed by atoms with Gasteiger partial charge in [-0.3, -0.25) is 14.7 Å². The number of nitrogens with zero attached hydrogens (tertiary/aromatic N) is 3. The predicted molar refractivity (Wildman–Crippen MR) is 87.7 cm³/mol. The number of fused-ring (bicyclic) bond motifs is 1. The van der Waals surface area contributed by atoms with Gasteiger partial charge in [0.1, 0.15) is 0 Å².